The maximum atomic E-state index is 13.2. The van der Waals surface area contributed by atoms with Crippen LogP contribution < -0.4 is 4.90 Å². The van der Waals surface area contributed by atoms with Crippen LogP contribution in [-0.4, -0.2) is 37.4 Å². The number of halogens is 1. The molecule has 0 bridgehead atoms. The number of ketones is 2. The van der Waals surface area contributed by atoms with E-state index in [0.29, 0.717) is 25.3 Å². The van der Waals surface area contributed by atoms with Crippen molar-refractivity contribution in [2.75, 3.05) is 24.7 Å². The highest BCUT2D eigenvalue weighted by Crippen LogP contribution is 2.33. The average molecular weight is 474 g/mol. The monoisotopic (exact) mass is 473 g/mol. The predicted octanol–water partition coefficient (Wildman–Crippen LogP) is 5.96. The Morgan fingerprint density at radius 1 is 1.20 bits per heavy atom. The average Bonchev–Trinajstić information content (AvgIpc) is 2.70. The summed E-state index contributed by atoms with van der Waals surface area (Å²) in [6.07, 6.45) is 5.41. The molecule has 2 aliphatic rings. The highest BCUT2D eigenvalue weighted by molar-refractivity contribution is 9.10. The van der Waals surface area contributed by atoms with Crippen LogP contribution in [0.25, 0.3) is 0 Å². The van der Waals surface area contributed by atoms with E-state index in [0.717, 1.165) is 70.6 Å². The van der Waals surface area contributed by atoms with E-state index in [1.54, 1.807) is 0 Å². The molecule has 162 valence electrons. The Bertz CT molecular complexity index is 894. The van der Waals surface area contributed by atoms with Crippen LogP contribution >= 0.6 is 15.9 Å². The van der Waals surface area contributed by atoms with Gasteiger partial charge in [0.2, 0.25) is 0 Å². The first-order valence-electron chi connectivity index (χ1n) is 10.9. The molecule has 0 spiro atoms. The van der Waals surface area contributed by atoms with E-state index in [2.05, 4.69) is 39.9 Å². The van der Waals surface area contributed by atoms with Crippen molar-refractivity contribution in [1.29, 1.82) is 0 Å². The summed E-state index contributed by atoms with van der Waals surface area (Å²) in [7, 11) is 0. The molecule has 0 unspecified atom stereocenters. The summed E-state index contributed by atoms with van der Waals surface area (Å²) in [5.41, 5.74) is 5.78. The number of nitrogens with zero attached hydrogens (tertiary/aromatic N) is 1. The fraction of sp³-hybridized carbons (Fsp3) is 0.520. The molecule has 0 N–H and O–H groups in total. The van der Waals surface area contributed by atoms with E-state index in [-0.39, 0.29) is 11.6 Å². The summed E-state index contributed by atoms with van der Waals surface area (Å²) in [6, 6.07) is 4.48. The number of anilines is 1. The normalized spacial score (nSPS) is 17.9. The molecule has 0 atom stereocenters. The minimum atomic E-state index is 0.0949. The lowest BCUT2D eigenvalue weighted by molar-refractivity contribution is -0.115. The third-order valence-electron chi connectivity index (χ3n) is 6.24. The van der Waals surface area contributed by atoms with Crippen molar-refractivity contribution in [2.24, 2.45) is 0 Å². The first-order valence-corrected chi connectivity index (χ1v) is 11.7. The standard InChI is InChI=1S/C25H32BrNO3/c1-5-27(20-8-10-30-11-9-20)23-15-19(26)14-22(18(23)4)24(28)7-6-21-17(3)12-16(2)13-25(21)29/h12,14-15,20H,5-11,13H2,1-4H3. The SMILES string of the molecule is CCN(c1cc(Br)cc(C(=O)CCC2=C(C)C=C(C)CC2=O)c1C)C1CCOCC1. The Kier molecular flexibility index (Phi) is 7.70. The van der Waals surface area contributed by atoms with Gasteiger partial charge in [-0.1, -0.05) is 27.6 Å². The van der Waals surface area contributed by atoms with Crippen LogP contribution in [0.3, 0.4) is 0 Å². The molecule has 1 aliphatic heterocycles. The van der Waals surface area contributed by atoms with E-state index in [9.17, 15) is 9.59 Å². The van der Waals surface area contributed by atoms with Gasteiger partial charge in [-0.25, -0.2) is 0 Å². The molecule has 0 amide bonds. The molecule has 4 nitrogen and oxygen atoms in total. The number of rotatable bonds is 7. The maximum absolute atomic E-state index is 13.2. The first kappa shape index (κ1) is 23.0. The number of hydrogen-bond donors (Lipinski definition) is 0. The highest BCUT2D eigenvalue weighted by atomic mass is 79.9. The van der Waals surface area contributed by atoms with Crippen molar-refractivity contribution in [3.63, 3.8) is 0 Å². The lowest BCUT2D eigenvalue weighted by Gasteiger charge is -2.36. The van der Waals surface area contributed by atoms with Gasteiger partial charge in [-0.15, -0.1) is 0 Å². The van der Waals surface area contributed by atoms with Crippen LogP contribution in [0.4, 0.5) is 5.69 Å². The van der Waals surface area contributed by atoms with Gasteiger partial charge in [-0.05, 0) is 75.8 Å². The van der Waals surface area contributed by atoms with Crippen LogP contribution in [0.5, 0.6) is 0 Å². The summed E-state index contributed by atoms with van der Waals surface area (Å²) in [4.78, 5) is 28.0. The van der Waals surface area contributed by atoms with Gasteiger partial charge in [0.25, 0.3) is 0 Å². The topological polar surface area (TPSA) is 46.6 Å². The number of allylic oxidation sites excluding steroid dienone is 4. The summed E-state index contributed by atoms with van der Waals surface area (Å²) >= 11 is 3.62. The Balaban J connectivity index is 1.83. The van der Waals surface area contributed by atoms with Gasteiger partial charge < -0.3 is 9.64 Å². The van der Waals surface area contributed by atoms with Crippen LogP contribution in [0.15, 0.2) is 39.4 Å². The van der Waals surface area contributed by atoms with Crippen molar-refractivity contribution in [1.82, 2.24) is 0 Å². The quantitative estimate of drug-likeness (QED) is 0.458. The Labute approximate surface area is 188 Å². The van der Waals surface area contributed by atoms with Crippen LogP contribution in [0, 0.1) is 6.92 Å². The lowest BCUT2D eigenvalue weighted by Crippen LogP contribution is -2.40. The molecule has 0 aromatic heterocycles. The molecule has 30 heavy (non-hydrogen) atoms. The van der Waals surface area contributed by atoms with E-state index in [1.165, 1.54) is 0 Å². The summed E-state index contributed by atoms with van der Waals surface area (Å²) in [5.74, 6) is 0.251. The van der Waals surface area contributed by atoms with Crippen molar-refractivity contribution in [3.05, 3.63) is 50.5 Å². The van der Waals surface area contributed by atoms with Crippen molar-refractivity contribution in [3.8, 4) is 0 Å². The minimum Gasteiger partial charge on any atom is -0.381 e. The van der Waals surface area contributed by atoms with Crippen molar-refractivity contribution in [2.45, 2.75) is 65.8 Å². The summed E-state index contributed by atoms with van der Waals surface area (Å²) < 4.78 is 6.45. The van der Waals surface area contributed by atoms with E-state index in [1.807, 2.05) is 26.8 Å². The zero-order chi connectivity index (χ0) is 21.8. The third kappa shape index (κ3) is 5.12. The first-order chi connectivity index (χ1) is 14.3. The molecule has 1 heterocycles. The second kappa shape index (κ2) is 10.1. The van der Waals surface area contributed by atoms with Crippen molar-refractivity contribution < 1.29 is 14.3 Å². The number of carbonyl (C=O) groups is 2. The van der Waals surface area contributed by atoms with E-state index < -0.39 is 0 Å². The molecule has 1 saturated heterocycles. The molecule has 1 aliphatic carbocycles. The molecule has 3 rings (SSSR count). The van der Waals surface area contributed by atoms with Crippen molar-refractivity contribution >= 4 is 33.2 Å². The van der Waals surface area contributed by atoms with E-state index in [4.69, 9.17) is 4.74 Å². The second-order valence-corrected chi connectivity index (χ2v) is 9.32. The molecule has 1 aromatic rings. The molecule has 1 fully saturated rings. The molecular formula is C25H32BrNO3. The van der Waals surface area contributed by atoms with Gasteiger partial charge in [-0.2, -0.15) is 0 Å². The number of carbonyl (C=O) groups excluding carboxylic acids is 2. The maximum Gasteiger partial charge on any atom is 0.163 e. The number of ether oxygens (including phenoxy) is 1. The fourth-order valence-electron chi connectivity index (χ4n) is 4.67. The number of Topliss-reactive ketones (excluding diaryl/α,β-unsaturated/α-hetero) is 2. The zero-order valence-corrected chi connectivity index (χ0v) is 20.1. The summed E-state index contributed by atoms with van der Waals surface area (Å²) in [5, 5.41) is 0. The van der Waals surface area contributed by atoms with Gasteiger partial charge in [-0.3, -0.25) is 9.59 Å². The fourth-order valence-corrected chi connectivity index (χ4v) is 5.12. The highest BCUT2D eigenvalue weighted by Gasteiger charge is 2.25. The van der Waals surface area contributed by atoms with Gasteiger partial charge in [0.05, 0.1) is 0 Å². The van der Waals surface area contributed by atoms with Gasteiger partial charge in [0.15, 0.2) is 11.6 Å². The predicted molar refractivity (Wildman–Crippen MR) is 125 cm³/mol. The van der Waals surface area contributed by atoms with E-state index >= 15 is 0 Å². The largest absolute Gasteiger partial charge is 0.381 e. The van der Waals surface area contributed by atoms with Crippen LogP contribution in [-0.2, 0) is 9.53 Å². The third-order valence-corrected chi connectivity index (χ3v) is 6.70. The molecule has 0 radical (unpaired) electrons. The Morgan fingerprint density at radius 2 is 1.90 bits per heavy atom. The van der Waals surface area contributed by atoms with Gasteiger partial charge >= 0.3 is 0 Å². The number of benzene rings is 1. The smallest absolute Gasteiger partial charge is 0.163 e. The second-order valence-electron chi connectivity index (χ2n) is 8.40. The molecule has 0 saturated carbocycles. The minimum absolute atomic E-state index is 0.0949. The Morgan fingerprint density at radius 3 is 2.53 bits per heavy atom. The van der Waals surface area contributed by atoms with Gasteiger partial charge in [0.1, 0.15) is 0 Å². The molecule has 5 heteroatoms. The zero-order valence-electron chi connectivity index (χ0n) is 18.5. The lowest BCUT2D eigenvalue weighted by atomic mass is 9.88. The van der Waals surface area contributed by atoms with Gasteiger partial charge in [0, 0.05) is 54.4 Å². The van der Waals surface area contributed by atoms with Crippen LogP contribution in [0.2, 0.25) is 0 Å². The molecule has 1 aromatic carbocycles. The Hall–Kier alpha value is -1.72. The van der Waals surface area contributed by atoms with Crippen LogP contribution in [0.1, 0.15) is 68.8 Å². The summed E-state index contributed by atoms with van der Waals surface area (Å²) in [6.45, 7) is 10.6. The number of hydrogen-bond acceptors (Lipinski definition) is 4. The molecular weight excluding hydrogens is 442 g/mol.